The molecule has 13 heavy (non-hydrogen) atoms. The van der Waals surface area contributed by atoms with Gasteiger partial charge in [-0.3, -0.25) is 0 Å². The predicted molar refractivity (Wildman–Crippen MR) is 43.9 cm³/mol. The Kier molecular flexibility index (Phi) is 3.19. The molecule has 0 aliphatic heterocycles. The van der Waals surface area contributed by atoms with Gasteiger partial charge in [-0.15, -0.1) is 0 Å². The van der Waals surface area contributed by atoms with Gasteiger partial charge in [0.25, 0.3) is 0 Å². The van der Waals surface area contributed by atoms with Gasteiger partial charge in [-0.05, 0) is 17.7 Å². The molecule has 72 valence electrons. The third-order valence-electron chi connectivity index (χ3n) is 1.71. The van der Waals surface area contributed by atoms with Crippen LogP contribution >= 0.6 is 0 Å². The summed E-state index contributed by atoms with van der Waals surface area (Å²) in [5, 5.41) is 9.09. The van der Waals surface area contributed by atoms with E-state index in [0.717, 1.165) is 6.07 Å². The first-order valence-corrected chi connectivity index (χ1v) is 3.76. The predicted octanol–water partition coefficient (Wildman–Crippen LogP) is 1.84. The van der Waals surface area contributed by atoms with Crippen LogP contribution in [0.3, 0.4) is 0 Å². The Balaban J connectivity index is 2.99. The second-order valence-corrected chi connectivity index (χ2v) is 2.56. The summed E-state index contributed by atoms with van der Waals surface area (Å²) in [4.78, 5) is 0. The number of halogens is 2. The van der Waals surface area contributed by atoms with E-state index in [1.54, 1.807) is 0 Å². The molecule has 2 nitrogen and oxygen atoms in total. The van der Waals surface area contributed by atoms with E-state index in [4.69, 9.17) is 5.11 Å². The van der Waals surface area contributed by atoms with Crippen LogP contribution in [0.15, 0.2) is 18.2 Å². The Hall–Kier alpha value is -1.16. The molecule has 0 saturated carbocycles. The van der Waals surface area contributed by atoms with Gasteiger partial charge in [0, 0.05) is 0 Å². The lowest BCUT2D eigenvalue weighted by Gasteiger charge is -2.08. The van der Waals surface area contributed by atoms with Gasteiger partial charge in [0.2, 0.25) is 0 Å². The maximum absolute atomic E-state index is 12.8. The fourth-order valence-electron chi connectivity index (χ4n) is 0.973. The Morgan fingerprint density at radius 1 is 1.54 bits per heavy atom. The largest absolute Gasteiger partial charge is 0.494 e. The number of ether oxygens (including phenoxy) is 1. The summed E-state index contributed by atoms with van der Waals surface area (Å²) >= 11 is 0. The quantitative estimate of drug-likeness (QED) is 0.784. The van der Waals surface area contributed by atoms with E-state index >= 15 is 0 Å². The zero-order chi connectivity index (χ0) is 9.84. The molecule has 1 aromatic rings. The normalized spacial score (nSPS) is 12.6. The SMILES string of the molecule is COc1cc(C(O)CF)ccc1F. The maximum Gasteiger partial charge on any atom is 0.165 e. The van der Waals surface area contributed by atoms with Crippen LogP contribution in [0.5, 0.6) is 5.75 Å². The summed E-state index contributed by atoms with van der Waals surface area (Å²) in [6.45, 7) is -0.894. The first kappa shape index (κ1) is 9.92. The molecular weight excluding hydrogens is 178 g/mol. The van der Waals surface area contributed by atoms with Gasteiger partial charge in [0.15, 0.2) is 11.6 Å². The molecule has 4 heteroatoms. The Morgan fingerprint density at radius 2 is 2.23 bits per heavy atom. The minimum absolute atomic E-state index is 0.00463. The van der Waals surface area contributed by atoms with Crippen LogP contribution in [0.1, 0.15) is 11.7 Å². The zero-order valence-electron chi connectivity index (χ0n) is 7.13. The molecule has 1 aromatic carbocycles. The highest BCUT2D eigenvalue weighted by molar-refractivity contribution is 5.31. The Morgan fingerprint density at radius 3 is 2.77 bits per heavy atom. The van der Waals surface area contributed by atoms with Crippen molar-refractivity contribution in [1.82, 2.24) is 0 Å². The van der Waals surface area contributed by atoms with E-state index < -0.39 is 18.6 Å². The van der Waals surface area contributed by atoms with Crippen LogP contribution < -0.4 is 4.74 Å². The molecule has 0 amide bonds. The molecule has 0 fully saturated rings. The second-order valence-electron chi connectivity index (χ2n) is 2.56. The first-order chi connectivity index (χ1) is 6.19. The second kappa shape index (κ2) is 4.18. The Labute approximate surface area is 74.8 Å². The van der Waals surface area contributed by atoms with Gasteiger partial charge in [0.05, 0.1) is 7.11 Å². The molecule has 0 aliphatic carbocycles. The van der Waals surface area contributed by atoms with Crippen LogP contribution in [0.4, 0.5) is 8.78 Å². The number of hydrogen-bond donors (Lipinski definition) is 1. The van der Waals surface area contributed by atoms with Crippen molar-refractivity contribution in [2.45, 2.75) is 6.10 Å². The van der Waals surface area contributed by atoms with Crippen molar-refractivity contribution in [2.75, 3.05) is 13.8 Å². The first-order valence-electron chi connectivity index (χ1n) is 3.76. The summed E-state index contributed by atoms with van der Waals surface area (Å²) in [6, 6.07) is 3.73. The zero-order valence-corrected chi connectivity index (χ0v) is 7.13. The fraction of sp³-hybridized carbons (Fsp3) is 0.333. The minimum atomic E-state index is -1.21. The van der Waals surface area contributed by atoms with Gasteiger partial charge in [0.1, 0.15) is 12.8 Å². The minimum Gasteiger partial charge on any atom is -0.494 e. The smallest absolute Gasteiger partial charge is 0.165 e. The van der Waals surface area contributed by atoms with Gasteiger partial charge in [-0.1, -0.05) is 6.07 Å². The molecule has 0 bridgehead atoms. The molecular formula is C9H10F2O2. The topological polar surface area (TPSA) is 29.5 Å². The molecule has 0 spiro atoms. The molecule has 1 rings (SSSR count). The number of aliphatic hydroxyl groups is 1. The molecule has 1 atom stereocenters. The summed E-state index contributed by atoms with van der Waals surface area (Å²) in [7, 11) is 1.31. The molecule has 0 saturated heterocycles. The number of aliphatic hydroxyl groups excluding tert-OH is 1. The number of benzene rings is 1. The van der Waals surface area contributed by atoms with Crippen molar-refractivity contribution in [1.29, 1.82) is 0 Å². The number of hydrogen-bond acceptors (Lipinski definition) is 2. The molecule has 0 heterocycles. The van der Waals surface area contributed by atoms with Crippen LogP contribution in [0.25, 0.3) is 0 Å². The summed E-state index contributed by atoms with van der Waals surface area (Å²) in [5.41, 5.74) is 0.306. The highest BCUT2D eigenvalue weighted by Crippen LogP contribution is 2.22. The van der Waals surface area contributed by atoms with E-state index in [1.165, 1.54) is 19.2 Å². The van der Waals surface area contributed by atoms with Crippen LogP contribution in [0.2, 0.25) is 0 Å². The van der Waals surface area contributed by atoms with Crippen molar-refractivity contribution in [3.05, 3.63) is 29.6 Å². The lowest BCUT2D eigenvalue weighted by Crippen LogP contribution is -2.00. The molecule has 1 N–H and O–H groups in total. The Bertz CT molecular complexity index is 289. The lowest BCUT2D eigenvalue weighted by molar-refractivity contribution is 0.141. The highest BCUT2D eigenvalue weighted by Gasteiger charge is 2.10. The maximum atomic E-state index is 12.8. The van der Waals surface area contributed by atoms with E-state index in [9.17, 15) is 8.78 Å². The average molecular weight is 188 g/mol. The number of rotatable bonds is 3. The van der Waals surface area contributed by atoms with Gasteiger partial charge < -0.3 is 9.84 Å². The summed E-state index contributed by atoms with van der Waals surface area (Å²) in [5.74, 6) is -0.526. The van der Waals surface area contributed by atoms with E-state index in [1.807, 2.05) is 0 Å². The molecule has 0 aromatic heterocycles. The molecule has 0 aliphatic rings. The van der Waals surface area contributed by atoms with Gasteiger partial charge in [-0.2, -0.15) is 0 Å². The van der Waals surface area contributed by atoms with Gasteiger partial charge in [-0.25, -0.2) is 8.78 Å². The van der Waals surface area contributed by atoms with Crippen molar-refractivity contribution < 1.29 is 18.6 Å². The van der Waals surface area contributed by atoms with Crippen molar-refractivity contribution in [3.63, 3.8) is 0 Å². The van der Waals surface area contributed by atoms with Gasteiger partial charge >= 0.3 is 0 Å². The lowest BCUT2D eigenvalue weighted by atomic mass is 10.1. The molecule has 0 radical (unpaired) electrons. The van der Waals surface area contributed by atoms with E-state index in [2.05, 4.69) is 4.74 Å². The number of methoxy groups -OCH3 is 1. The number of alkyl halides is 1. The van der Waals surface area contributed by atoms with Crippen LogP contribution in [-0.4, -0.2) is 18.9 Å². The highest BCUT2D eigenvalue weighted by atomic mass is 19.1. The average Bonchev–Trinajstić information content (AvgIpc) is 2.17. The van der Waals surface area contributed by atoms with Crippen LogP contribution in [0, 0.1) is 5.82 Å². The summed E-state index contributed by atoms with van der Waals surface area (Å²) < 4.78 is 29.5. The van der Waals surface area contributed by atoms with Crippen molar-refractivity contribution >= 4 is 0 Å². The summed E-state index contributed by atoms with van der Waals surface area (Å²) in [6.07, 6.45) is -1.21. The van der Waals surface area contributed by atoms with Crippen molar-refractivity contribution in [3.8, 4) is 5.75 Å². The van der Waals surface area contributed by atoms with Crippen LogP contribution in [-0.2, 0) is 0 Å². The van der Waals surface area contributed by atoms with Crippen molar-refractivity contribution in [2.24, 2.45) is 0 Å². The standard InChI is InChI=1S/C9H10F2O2/c1-13-9-4-6(8(12)5-10)2-3-7(9)11/h2-4,8,12H,5H2,1H3. The van der Waals surface area contributed by atoms with E-state index in [-0.39, 0.29) is 5.75 Å². The third kappa shape index (κ3) is 2.15. The molecule has 1 unspecified atom stereocenters. The monoisotopic (exact) mass is 188 g/mol. The van der Waals surface area contributed by atoms with E-state index in [0.29, 0.717) is 5.56 Å². The fourth-order valence-corrected chi connectivity index (χ4v) is 0.973. The third-order valence-corrected chi connectivity index (χ3v) is 1.71.